The molecule has 1 atom stereocenters. The molecule has 0 aliphatic carbocycles. The van der Waals surface area contributed by atoms with Crippen molar-refractivity contribution in [1.82, 2.24) is 10.3 Å². The second-order valence-electron chi connectivity index (χ2n) is 4.63. The van der Waals surface area contributed by atoms with Crippen LogP contribution in [0.3, 0.4) is 0 Å². The first kappa shape index (κ1) is 15.0. The van der Waals surface area contributed by atoms with Crippen LogP contribution in [0, 0.1) is 17.5 Å². The van der Waals surface area contributed by atoms with Crippen LogP contribution in [0.15, 0.2) is 36.7 Å². The number of benzene rings is 1. The van der Waals surface area contributed by atoms with Gasteiger partial charge in [-0.3, -0.25) is 9.78 Å². The molecule has 21 heavy (non-hydrogen) atoms. The highest BCUT2D eigenvalue weighted by Gasteiger charge is 2.17. The lowest BCUT2D eigenvalue weighted by molar-refractivity contribution is 0.0935. The molecule has 2 aromatic rings. The summed E-state index contributed by atoms with van der Waals surface area (Å²) in [5, 5.41) is 2.50. The van der Waals surface area contributed by atoms with E-state index in [1.807, 2.05) is 0 Å². The second-order valence-corrected chi connectivity index (χ2v) is 4.63. The smallest absolute Gasteiger partial charge is 0.254 e. The third kappa shape index (κ3) is 3.59. The van der Waals surface area contributed by atoms with E-state index in [2.05, 4.69) is 10.3 Å². The Kier molecular flexibility index (Phi) is 4.57. The van der Waals surface area contributed by atoms with Gasteiger partial charge in [-0.25, -0.2) is 13.2 Å². The summed E-state index contributed by atoms with van der Waals surface area (Å²) in [6, 6.07) is 4.24. The van der Waals surface area contributed by atoms with Crippen molar-refractivity contribution in [3.05, 3.63) is 65.2 Å². The Morgan fingerprint density at radius 1 is 1.19 bits per heavy atom. The van der Waals surface area contributed by atoms with Gasteiger partial charge in [0.1, 0.15) is 11.6 Å². The highest BCUT2D eigenvalue weighted by atomic mass is 19.1. The average Bonchev–Trinajstić information content (AvgIpc) is 2.43. The largest absolute Gasteiger partial charge is 0.349 e. The number of pyridine rings is 1. The Balaban J connectivity index is 2.07. The summed E-state index contributed by atoms with van der Waals surface area (Å²) in [5.41, 5.74) is -0.272. The Morgan fingerprint density at radius 2 is 1.86 bits per heavy atom. The van der Waals surface area contributed by atoms with Crippen LogP contribution in [0.5, 0.6) is 0 Å². The van der Waals surface area contributed by atoms with Crippen LogP contribution >= 0.6 is 0 Å². The number of halogens is 3. The zero-order chi connectivity index (χ0) is 15.4. The quantitative estimate of drug-likeness (QED) is 0.942. The Bertz CT molecular complexity index is 641. The average molecular weight is 294 g/mol. The van der Waals surface area contributed by atoms with Gasteiger partial charge in [-0.2, -0.15) is 0 Å². The van der Waals surface area contributed by atoms with Gasteiger partial charge in [-0.15, -0.1) is 0 Å². The van der Waals surface area contributed by atoms with E-state index in [0.717, 1.165) is 18.3 Å². The molecule has 1 aromatic heterocycles. The molecule has 0 radical (unpaired) electrons. The van der Waals surface area contributed by atoms with Crippen LogP contribution < -0.4 is 5.32 Å². The molecule has 110 valence electrons. The van der Waals surface area contributed by atoms with E-state index in [1.54, 1.807) is 6.92 Å². The van der Waals surface area contributed by atoms with Crippen LogP contribution in [0.2, 0.25) is 0 Å². The van der Waals surface area contributed by atoms with Crippen molar-refractivity contribution in [2.75, 3.05) is 0 Å². The molecule has 1 unspecified atom stereocenters. The lowest BCUT2D eigenvalue weighted by Crippen LogP contribution is -2.35. The molecule has 0 fully saturated rings. The maximum absolute atomic E-state index is 13.5. The van der Waals surface area contributed by atoms with Gasteiger partial charge in [0.2, 0.25) is 0 Å². The van der Waals surface area contributed by atoms with Crippen molar-refractivity contribution < 1.29 is 18.0 Å². The molecular weight excluding hydrogens is 281 g/mol. The van der Waals surface area contributed by atoms with Crippen LogP contribution in [0.1, 0.15) is 22.8 Å². The third-order valence-corrected chi connectivity index (χ3v) is 2.97. The number of aromatic nitrogens is 1. The second kappa shape index (κ2) is 6.39. The van der Waals surface area contributed by atoms with Crippen molar-refractivity contribution in [3.63, 3.8) is 0 Å². The summed E-state index contributed by atoms with van der Waals surface area (Å²) in [6.45, 7) is 1.59. The van der Waals surface area contributed by atoms with Crippen molar-refractivity contribution in [2.45, 2.75) is 19.4 Å². The van der Waals surface area contributed by atoms with E-state index in [0.29, 0.717) is 0 Å². The van der Waals surface area contributed by atoms with Gasteiger partial charge < -0.3 is 5.32 Å². The van der Waals surface area contributed by atoms with Crippen LogP contribution in [-0.4, -0.2) is 16.9 Å². The zero-order valence-corrected chi connectivity index (χ0v) is 11.2. The summed E-state index contributed by atoms with van der Waals surface area (Å²) >= 11 is 0. The molecule has 0 spiro atoms. The van der Waals surface area contributed by atoms with E-state index >= 15 is 0 Å². The van der Waals surface area contributed by atoms with Crippen molar-refractivity contribution >= 4 is 5.91 Å². The summed E-state index contributed by atoms with van der Waals surface area (Å²) < 4.78 is 40.4. The van der Waals surface area contributed by atoms with E-state index in [1.165, 1.54) is 18.3 Å². The molecular formula is C15H13F3N2O. The van der Waals surface area contributed by atoms with Gasteiger partial charge in [0.15, 0.2) is 5.82 Å². The first-order valence-electron chi connectivity index (χ1n) is 6.32. The molecule has 1 heterocycles. The van der Waals surface area contributed by atoms with Gasteiger partial charge in [0.25, 0.3) is 5.91 Å². The van der Waals surface area contributed by atoms with Crippen molar-refractivity contribution in [3.8, 4) is 0 Å². The van der Waals surface area contributed by atoms with Crippen molar-refractivity contribution in [1.29, 1.82) is 0 Å². The fourth-order valence-corrected chi connectivity index (χ4v) is 1.95. The fourth-order valence-electron chi connectivity index (χ4n) is 1.95. The summed E-state index contributed by atoms with van der Waals surface area (Å²) in [6.07, 6.45) is 2.19. The van der Waals surface area contributed by atoms with E-state index in [-0.39, 0.29) is 17.5 Å². The summed E-state index contributed by atoms with van der Waals surface area (Å²) in [7, 11) is 0. The standard InChI is InChI=1S/C15H13F3N2O/c1-9(7-11-12(16)3-2-4-13(11)17)20-15(21)10-5-6-19-8-14(10)18/h2-6,8-9H,7H2,1H3,(H,20,21). The van der Waals surface area contributed by atoms with Gasteiger partial charge in [0, 0.05) is 17.8 Å². The highest BCUT2D eigenvalue weighted by Crippen LogP contribution is 2.14. The lowest BCUT2D eigenvalue weighted by atomic mass is 10.1. The number of amides is 1. The molecule has 0 saturated heterocycles. The SMILES string of the molecule is CC(Cc1c(F)cccc1F)NC(=O)c1ccncc1F. The fraction of sp³-hybridized carbons (Fsp3) is 0.200. The van der Waals surface area contributed by atoms with Gasteiger partial charge in [0.05, 0.1) is 11.8 Å². The normalized spacial score (nSPS) is 12.0. The molecule has 0 bridgehead atoms. The molecule has 6 heteroatoms. The molecule has 2 rings (SSSR count). The number of nitrogens with one attached hydrogen (secondary N) is 1. The lowest BCUT2D eigenvalue weighted by Gasteiger charge is -2.15. The van der Waals surface area contributed by atoms with Gasteiger partial charge >= 0.3 is 0 Å². The summed E-state index contributed by atoms with van der Waals surface area (Å²) in [5.74, 6) is -2.75. The number of nitrogens with zero attached hydrogens (tertiary/aromatic N) is 1. The molecule has 0 aliphatic rings. The minimum atomic E-state index is -0.751. The molecule has 1 aromatic carbocycles. The monoisotopic (exact) mass is 294 g/mol. The maximum Gasteiger partial charge on any atom is 0.254 e. The molecule has 1 N–H and O–H groups in total. The minimum absolute atomic E-state index is 0.0308. The predicted octanol–water partition coefficient (Wildman–Crippen LogP) is 2.86. The first-order valence-corrected chi connectivity index (χ1v) is 6.32. The van der Waals surface area contributed by atoms with E-state index in [4.69, 9.17) is 0 Å². The number of carbonyl (C=O) groups excluding carboxylic acids is 1. The van der Waals surface area contributed by atoms with E-state index in [9.17, 15) is 18.0 Å². The topological polar surface area (TPSA) is 42.0 Å². The Hall–Kier alpha value is -2.37. The Labute approximate surface area is 119 Å². The zero-order valence-electron chi connectivity index (χ0n) is 11.2. The number of carbonyl (C=O) groups is 1. The van der Waals surface area contributed by atoms with Crippen LogP contribution in [0.4, 0.5) is 13.2 Å². The third-order valence-electron chi connectivity index (χ3n) is 2.97. The maximum atomic E-state index is 13.5. The molecule has 0 saturated carbocycles. The number of rotatable bonds is 4. The molecule has 3 nitrogen and oxygen atoms in total. The van der Waals surface area contributed by atoms with E-state index < -0.39 is 29.4 Å². The van der Waals surface area contributed by atoms with Crippen LogP contribution in [-0.2, 0) is 6.42 Å². The molecule has 1 amide bonds. The van der Waals surface area contributed by atoms with Gasteiger partial charge in [-0.05, 0) is 31.5 Å². The van der Waals surface area contributed by atoms with Crippen molar-refractivity contribution in [2.24, 2.45) is 0 Å². The Morgan fingerprint density at radius 3 is 2.48 bits per heavy atom. The minimum Gasteiger partial charge on any atom is -0.349 e. The van der Waals surface area contributed by atoms with Crippen LogP contribution in [0.25, 0.3) is 0 Å². The van der Waals surface area contributed by atoms with Gasteiger partial charge in [-0.1, -0.05) is 6.07 Å². The highest BCUT2D eigenvalue weighted by molar-refractivity contribution is 5.94. The number of hydrogen-bond acceptors (Lipinski definition) is 2. The predicted molar refractivity (Wildman–Crippen MR) is 71.2 cm³/mol. The molecule has 0 aliphatic heterocycles. The summed E-state index contributed by atoms with van der Waals surface area (Å²) in [4.78, 5) is 15.4. The first-order chi connectivity index (χ1) is 9.99. The number of hydrogen-bond donors (Lipinski definition) is 1.